The van der Waals surface area contributed by atoms with Crippen LogP contribution in [0, 0.1) is 11.7 Å². The second-order valence-corrected chi connectivity index (χ2v) is 8.43. The van der Waals surface area contributed by atoms with E-state index in [2.05, 4.69) is 30.8 Å². The highest BCUT2D eigenvalue weighted by molar-refractivity contribution is 6.35. The van der Waals surface area contributed by atoms with E-state index in [1.54, 1.807) is 30.1 Å². The number of alkyl halides is 1. The first-order valence-corrected chi connectivity index (χ1v) is 10.6. The second kappa shape index (κ2) is 8.23. The number of H-pyrrole nitrogens is 1. The second-order valence-electron chi connectivity index (χ2n) is 8.05. The quantitative estimate of drug-likeness (QED) is 0.375. The first-order valence-electron chi connectivity index (χ1n) is 10.3. The van der Waals surface area contributed by atoms with Gasteiger partial charge in [-0.15, -0.1) is 0 Å². The fourth-order valence-corrected chi connectivity index (χ4v) is 4.07. The van der Waals surface area contributed by atoms with Gasteiger partial charge in [-0.05, 0) is 13.3 Å². The van der Waals surface area contributed by atoms with E-state index in [1.165, 1.54) is 6.20 Å². The highest BCUT2D eigenvalue weighted by atomic mass is 35.5. The topological polar surface area (TPSA) is 109 Å². The summed E-state index contributed by atoms with van der Waals surface area (Å²) in [7, 11) is 1.56. The average molecular weight is 476 g/mol. The molecule has 0 bridgehead atoms. The third kappa shape index (κ3) is 3.87. The van der Waals surface area contributed by atoms with Gasteiger partial charge in [-0.1, -0.05) is 11.6 Å². The molecule has 3 heterocycles. The molecule has 4 aromatic rings. The van der Waals surface area contributed by atoms with Crippen LogP contribution < -0.4 is 10.6 Å². The van der Waals surface area contributed by atoms with Crippen LogP contribution in [0.5, 0.6) is 0 Å². The van der Waals surface area contributed by atoms with Gasteiger partial charge in [-0.25, -0.2) is 13.8 Å². The number of halogens is 3. The normalized spacial score (nSPS) is 18.6. The number of fused-ring (bicyclic) bond motifs is 2. The molecule has 1 fully saturated rings. The van der Waals surface area contributed by atoms with E-state index in [0.717, 1.165) is 0 Å². The predicted molar refractivity (Wildman–Crippen MR) is 120 cm³/mol. The summed E-state index contributed by atoms with van der Waals surface area (Å²) in [6.07, 6.45) is 5.36. The molecule has 172 valence electrons. The van der Waals surface area contributed by atoms with Crippen molar-refractivity contribution in [2.75, 3.05) is 24.4 Å². The molecule has 1 aromatic carbocycles. The molecule has 0 spiro atoms. The lowest BCUT2D eigenvalue weighted by Gasteiger charge is -2.18. The van der Waals surface area contributed by atoms with Crippen LogP contribution in [0.4, 0.5) is 20.3 Å². The Labute approximate surface area is 191 Å². The van der Waals surface area contributed by atoms with E-state index >= 15 is 4.39 Å². The first-order chi connectivity index (χ1) is 15.9. The van der Waals surface area contributed by atoms with Crippen LogP contribution in [0.25, 0.3) is 27.8 Å². The molecule has 1 saturated carbocycles. The molecule has 0 aliphatic heterocycles. The van der Waals surface area contributed by atoms with Crippen LogP contribution in [-0.4, -0.2) is 56.4 Å². The van der Waals surface area contributed by atoms with Gasteiger partial charge in [0.2, 0.25) is 5.91 Å². The minimum atomic E-state index is -1.10. The number of anilines is 2. The van der Waals surface area contributed by atoms with E-state index in [9.17, 15) is 9.18 Å². The number of ether oxygens (including phenoxy) is 1. The van der Waals surface area contributed by atoms with E-state index in [-0.39, 0.29) is 29.0 Å². The van der Waals surface area contributed by atoms with E-state index in [1.807, 2.05) is 6.92 Å². The highest BCUT2D eigenvalue weighted by Crippen LogP contribution is 2.41. The zero-order valence-electron chi connectivity index (χ0n) is 17.7. The highest BCUT2D eigenvalue weighted by Gasteiger charge is 2.43. The van der Waals surface area contributed by atoms with Gasteiger partial charge in [0.15, 0.2) is 17.3 Å². The number of hydrogen-bond acceptors (Lipinski definition) is 6. The summed E-state index contributed by atoms with van der Waals surface area (Å²) in [5.74, 6) is -1.40. The largest absolute Gasteiger partial charge is 0.383 e. The Morgan fingerprint density at radius 1 is 1.42 bits per heavy atom. The minimum Gasteiger partial charge on any atom is -0.383 e. The lowest BCUT2D eigenvalue weighted by Crippen LogP contribution is -2.21. The Hall–Kier alpha value is -3.31. The van der Waals surface area contributed by atoms with Crippen molar-refractivity contribution >= 4 is 45.6 Å². The number of nitrogens with one attached hydrogen (secondary N) is 3. The van der Waals surface area contributed by atoms with Crippen molar-refractivity contribution in [2.45, 2.75) is 25.6 Å². The number of carbonyl (C=O) groups excluding carboxylic acids is 1. The van der Waals surface area contributed by atoms with Gasteiger partial charge in [-0.2, -0.15) is 5.10 Å². The van der Waals surface area contributed by atoms with Gasteiger partial charge < -0.3 is 19.8 Å². The summed E-state index contributed by atoms with van der Waals surface area (Å²) in [5.41, 5.74) is 1.84. The molecule has 1 unspecified atom stereocenters. The summed E-state index contributed by atoms with van der Waals surface area (Å²) in [4.78, 5) is 20.7. The van der Waals surface area contributed by atoms with E-state index in [0.29, 0.717) is 34.4 Å². The minimum absolute atomic E-state index is 0.112. The Kier molecular flexibility index (Phi) is 5.37. The molecule has 9 nitrogen and oxygen atoms in total. The van der Waals surface area contributed by atoms with Gasteiger partial charge in [0.1, 0.15) is 6.17 Å². The summed E-state index contributed by atoms with van der Waals surface area (Å²) in [6.45, 7) is 2.23. The molecule has 1 aliphatic carbocycles. The molecule has 12 heteroatoms. The molecule has 5 rings (SSSR count). The molecule has 1 aliphatic rings. The maximum atomic E-state index is 15.3. The number of imidazole rings is 1. The van der Waals surface area contributed by atoms with Gasteiger partial charge in [0.05, 0.1) is 53.0 Å². The number of hydrogen-bond donors (Lipinski definition) is 3. The maximum Gasteiger partial charge on any atom is 0.231 e. The number of carbonyl (C=O) groups is 1. The number of rotatable bonds is 7. The number of amides is 1. The Morgan fingerprint density at radius 2 is 2.21 bits per heavy atom. The molecular weight excluding hydrogens is 456 g/mol. The van der Waals surface area contributed by atoms with Crippen molar-refractivity contribution in [3.8, 4) is 11.3 Å². The number of benzene rings is 1. The molecule has 1 amide bonds. The number of methoxy groups -OCH3 is 1. The lowest BCUT2D eigenvalue weighted by atomic mass is 10.0. The SMILES string of the molecule is COCC(C)Nc1c(F)c(Cl)c(-c2cn3cc(NC(=O)[C@@H]4C[C@@H]4F)nc3cn2)c2cn[nH]c12. The van der Waals surface area contributed by atoms with Crippen molar-refractivity contribution in [3.05, 3.63) is 35.6 Å². The summed E-state index contributed by atoms with van der Waals surface area (Å²) < 4.78 is 35.2. The van der Waals surface area contributed by atoms with E-state index < -0.39 is 23.8 Å². The number of nitrogens with zero attached hydrogens (tertiary/aromatic N) is 4. The molecule has 3 aromatic heterocycles. The fraction of sp³-hybridized carbons (Fsp3) is 0.333. The van der Waals surface area contributed by atoms with Crippen molar-refractivity contribution < 1.29 is 18.3 Å². The van der Waals surface area contributed by atoms with Crippen molar-refractivity contribution in [1.29, 1.82) is 0 Å². The lowest BCUT2D eigenvalue weighted by molar-refractivity contribution is -0.117. The van der Waals surface area contributed by atoms with Crippen LogP contribution in [-0.2, 0) is 9.53 Å². The smallest absolute Gasteiger partial charge is 0.231 e. The Bertz CT molecular complexity index is 1370. The standard InChI is InChI=1S/C21H20ClF2N7O2/c1-9(8-33-2)27-20-18(24)17(22)16(11-4-26-30-19(11)20)13-6-31-7-14(28-15(31)5-25-13)29-21(32)10-3-12(10)23/h4-7,9-10,12,27H,3,8H2,1-2H3,(H,26,30)(H,29,32)/t9?,10-,12+/m1/s1. The van der Waals surface area contributed by atoms with Gasteiger partial charge in [0.25, 0.3) is 0 Å². The van der Waals surface area contributed by atoms with Gasteiger partial charge >= 0.3 is 0 Å². The molecular formula is C21H20ClF2N7O2. The van der Waals surface area contributed by atoms with Gasteiger partial charge in [0, 0.05) is 30.3 Å². The average Bonchev–Trinajstić information content (AvgIpc) is 3.15. The molecule has 33 heavy (non-hydrogen) atoms. The van der Waals surface area contributed by atoms with Crippen LogP contribution >= 0.6 is 11.6 Å². The number of aromatic amines is 1. The molecule has 0 saturated heterocycles. The summed E-state index contributed by atoms with van der Waals surface area (Å²) in [6, 6.07) is -0.171. The Morgan fingerprint density at radius 3 is 2.94 bits per heavy atom. The third-order valence-electron chi connectivity index (χ3n) is 5.50. The Balaban J connectivity index is 1.53. The number of aromatic nitrogens is 5. The molecule has 3 atom stereocenters. The molecule has 0 radical (unpaired) electrons. The van der Waals surface area contributed by atoms with Crippen LogP contribution in [0.1, 0.15) is 13.3 Å². The molecule has 3 N–H and O–H groups in total. The third-order valence-corrected chi connectivity index (χ3v) is 5.85. The summed E-state index contributed by atoms with van der Waals surface area (Å²) in [5, 5.41) is 13.0. The predicted octanol–water partition coefficient (Wildman–Crippen LogP) is 3.81. The van der Waals surface area contributed by atoms with Crippen molar-refractivity contribution in [1.82, 2.24) is 24.6 Å². The summed E-state index contributed by atoms with van der Waals surface area (Å²) >= 11 is 6.46. The monoisotopic (exact) mass is 475 g/mol. The van der Waals surface area contributed by atoms with Crippen molar-refractivity contribution in [2.24, 2.45) is 5.92 Å². The van der Waals surface area contributed by atoms with Crippen molar-refractivity contribution in [3.63, 3.8) is 0 Å². The van der Waals surface area contributed by atoms with Crippen LogP contribution in [0.3, 0.4) is 0 Å². The van der Waals surface area contributed by atoms with Crippen LogP contribution in [0.15, 0.2) is 24.8 Å². The fourth-order valence-electron chi connectivity index (χ4n) is 3.78. The van der Waals surface area contributed by atoms with E-state index in [4.69, 9.17) is 16.3 Å². The maximum absolute atomic E-state index is 15.3. The van der Waals surface area contributed by atoms with Gasteiger partial charge in [-0.3, -0.25) is 14.9 Å². The zero-order valence-corrected chi connectivity index (χ0v) is 18.5. The zero-order chi connectivity index (χ0) is 23.3. The van der Waals surface area contributed by atoms with Crippen LogP contribution in [0.2, 0.25) is 5.02 Å². The first kappa shape index (κ1) is 21.5.